The molecule has 1 aromatic heterocycles. The van der Waals surface area contributed by atoms with E-state index in [1.165, 1.54) is 54.8 Å². The molecule has 30 heavy (non-hydrogen) atoms. The van der Waals surface area contributed by atoms with Crippen molar-refractivity contribution in [3.63, 3.8) is 0 Å². The van der Waals surface area contributed by atoms with Crippen LogP contribution in [0.25, 0.3) is 0 Å². The molecule has 158 valence electrons. The summed E-state index contributed by atoms with van der Waals surface area (Å²) in [5.74, 6) is 2.03. The van der Waals surface area contributed by atoms with Gasteiger partial charge in [-0.25, -0.2) is 0 Å². The maximum absolute atomic E-state index is 6.36. The first kappa shape index (κ1) is 21.0. The number of methoxy groups -OCH3 is 1. The van der Waals surface area contributed by atoms with Crippen LogP contribution in [0, 0.1) is 0 Å². The van der Waals surface area contributed by atoms with E-state index in [1.807, 2.05) is 12.1 Å². The maximum atomic E-state index is 6.36. The topological polar surface area (TPSA) is 21.7 Å². The van der Waals surface area contributed by atoms with E-state index < -0.39 is 0 Å². The lowest BCUT2D eigenvalue weighted by molar-refractivity contribution is 0.213. The highest BCUT2D eigenvalue weighted by Gasteiger charge is 2.22. The van der Waals surface area contributed by atoms with E-state index in [-0.39, 0.29) is 5.92 Å². The summed E-state index contributed by atoms with van der Waals surface area (Å²) in [5.41, 5.74) is 2.47. The van der Waals surface area contributed by atoms with E-state index in [4.69, 9.17) is 9.47 Å². The van der Waals surface area contributed by atoms with Crippen LogP contribution < -0.4 is 9.47 Å². The van der Waals surface area contributed by atoms with Crippen LogP contribution in [0.5, 0.6) is 11.5 Å². The molecular weight excluding hydrogens is 390 g/mol. The number of hydrogen-bond donors (Lipinski definition) is 0. The molecular formula is C26H31NO2S. The van der Waals surface area contributed by atoms with Crippen LogP contribution in [0.1, 0.15) is 47.6 Å². The molecule has 0 spiro atoms. The lowest BCUT2D eigenvalue weighted by Crippen LogP contribution is -2.29. The van der Waals surface area contributed by atoms with Crippen LogP contribution in [0.3, 0.4) is 0 Å². The Balaban J connectivity index is 1.55. The first-order valence-electron chi connectivity index (χ1n) is 11.0. The summed E-state index contributed by atoms with van der Waals surface area (Å²) in [6.45, 7) is 4.14. The van der Waals surface area contributed by atoms with Gasteiger partial charge in [-0.3, -0.25) is 4.90 Å². The quantitative estimate of drug-likeness (QED) is 0.433. The number of rotatable bonds is 8. The van der Waals surface area contributed by atoms with Crippen molar-refractivity contribution >= 4 is 11.3 Å². The van der Waals surface area contributed by atoms with Crippen LogP contribution in [-0.2, 0) is 0 Å². The summed E-state index contributed by atoms with van der Waals surface area (Å²) >= 11 is 1.79. The summed E-state index contributed by atoms with van der Waals surface area (Å²) in [6.07, 6.45) is 5.36. The Labute approximate surface area is 184 Å². The number of likely N-dealkylation sites (tertiary alicyclic amines) is 1. The van der Waals surface area contributed by atoms with Crippen molar-refractivity contribution < 1.29 is 9.47 Å². The van der Waals surface area contributed by atoms with Crippen molar-refractivity contribution in [1.82, 2.24) is 4.90 Å². The second-order valence-corrected chi connectivity index (χ2v) is 8.84. The van der Waals surface area contributed by atoms with Crippen LogP contribution in [-0.4, -0.2) is 38.3 Å². The number of para-hydroxylation sites is 1. The van der Waals surface area contributed by atoms with Gasteiger partial charge >= 0.3 is 0 Å². The highest BCUT2D eigenvalue weighted by atomic mass is 32.1. The Morgan fingerprint density at radius 1 is 0.900 bits per heavy atom. The van der Waals surface area contributed by atoms with Gasteiger partial charge in [0.1, 0.15) is 18.1 Å². The summed E-state index contributed by atoms with van der Waals surface area (Å²) in [5, 5.41) is 2.15. The first-order valence-corrected chi connectivity index (χ1v) is 11.8. The molecule has 0 amide bonds. The summed E-state index contributed by atoms with van der Waals surface area (Å²) in [6, 6.07) is 21.3. The van der Waals surface area contributed by atoms with Gasteiger partial charge < -0.3 is 9.47 Å². The van der Waals surface area contributed by atoms with E-state index >= 15 is 0 Å². The minimum absolute atomic E-state index is 0.158. The summed E-state index contributed by atoms with van der Waals surface area (Å²) in [4.78, 5) is 3.87. The number of benzene rings is 2. The Bertz CT molecular complexity index is 884. The zero-order valence-corrected chi connectivity index (χ0v) is 18.6. The standard InChI is InChI=1S/C26H31NO2S/c1-28-22-14-12-21(13-15-22)26(25-11-8-20-30-25)23-9-4-5-10-24(23)29-19-18-27-16-6-2-3-7-17-27/h4-5,8-15,20,26H,2-3,6-7,16-19H2,1H3/t26-/m0/s1. The normalized spacial score (nSPS) is 16.0. The SMILES string of the molecule is COc1ccc([C@H](c2cccs2)c2ccccc2OCCN2CCCCCC2)cc1. The Morgan fingerprint density at radius 3 is 2.37 bits per heavy atom. The van der Waals surface area contributed by atoms with Gasteiger partial charge in [0.25, 0.3) is 0 Å². The lowest BCUT2D eigenvalue weighted by atomic mass is 9.89. The third-order valence-corrected chi connectivity index (χ3v) is 6.81. The van der Waals surface area contributed by atoms with Gasteiger partial charge in [0.05, 0.1) is 7.11 Å². The zero-order valence-electron chi connectivity index (χ0n) is 17.8. The Hall–Kier alpha value is -2.30. The van der Waals surface area contributed by atoms with Crippen molar-refractivity contribution in [1.29, 1.82) is 0 Å². The van der Waals surface area contributed by atoms with Gasteiger partial charge in [0.15, 0.2) is 0 Å². The summed E-state index contributed by atoms with van der Waals surface area (Å²) in [7, 11) is 1.71. The molecule has 4 heteroatoms. The zero-order chi connectivity index (χ0) is 20.6. The molecule has 1 aliphatic rings. The van der Waals surface area contributed by atoms with Crippen LogP contribution in [0.2, 0.25) is 0 Å². The van der Waals surface area contributed by atoms with Crippen LogP contribution in [0.15, 0.2) is 66.0 Å². The molecule has 1 fully saturated rings. The van der Waals surface area contributed by atoms with E-state index in [0.717, 1.165) is 24.7 Å². The van der Waals surface area contributed by atoms with Gasteiger partial charge in [-0.2, -0.15) is 0 Å². The molecule has 0 aliphatic carbocycles. The first-order chi connectivity index (χ1) is 14.8. The minimum Gasteiger partial charge on any atom is -0.497 e. The lowest BCUT2D eigenvalue weighted by Gasteiger charge is -2.23. The molecule has 0 saturated carbocycles. The van der Waals surface area contributed by atoms with Gasteiger partial charge in [0.2, 0.25) is 0 Å². The van der Waals surface area contributed by atoms with E-state index in [9.17, 15) is 0 Å². The van der Waals surface area contributed by atoms with E-state index in [2.05, 4.69) is 58.8 Å². The number of hydrogen-bond acceptors (Lipinski definition) is 4. The average Bonchev–Trinajstić information content (AvgIpc) is 3.19. The average molecular weight is 422 g/mol. The second-order valence-electron chi connectivity index (χ2n) is 7.86. The maximum Gasteiger partial charge on any atom is 0.123 e. The molecule has 0 N–H and O–H groups in total. The molecule has 0 radical (unpaired) electrons. The van der Waals surface area contributed by atoms with Crippen molar-refractivity contribution in [3.05, 3.63) is 82.0 Å². The number of thiophene rings is 1. The molecule has 0 unspecified atom stereocenters. The molecule has 2 aromatic carbocycles. The fraction of sp³-hybridized carbons (Fsp3) is 0.385. The fourth-order valence-corrected chi connectivity index (χ4v) is 5.11. The van der Waals surface area contributed by atoms with Gasteiger partial charge in [-0.15, -0.1) is 11.3 Å². The Kier molecular flexibility index (Phi) is 7.44. The van der Waals surface area contributed by atoms with Crippen molar-refractivity contribution in [2.75, 3.05) is 33.4 Å². The van der Waals surface area contributed by atoms with Crippen LogP contribution >= 0.6 is 11.3 Å². The minimum atomic E-state index is 0.158. The number of nitrogens with zero attached hydrogens (tertiary/aromatic N) is 1. The van der Waals surface area contributed by atoms with Gasteiger partial charge in [-0.1, -0.05) is 49.2 Å². The number of ether oxygens (including phenoxy) is 2. The Morgan fingerprint density at radius 2 is 1.67 bits per heavy atom. The molecule has 1 aliphatic heterocycles. The molecule has 0 bridgehead atoms. The third kappa shape index (κ3) is 5.24. The van der Waals surface area contributed by atoms with E-state index in [0.29, 0.717) is 0 Å². The molecule has 1 saturated heterocycles. The van der Waals surface area contributed by atoms with Crippen molar-refractivity contribution in [2.24, 2.45) is 0 Å². The monoisotopic (exact) mass is 421 g/mol. The second kappa shape index (κ2) is 10.6. The summed E-state index contributed by atoms with van der Waals surface area (Å²) < 4.78 is 11.7. The third-order valence-electron chi connectivity index (χ3n) is 5.87. The molecule has 4 rings (SSSR count). The smallest absolute Gasteiger partial charge is 0.123 e. The largest absolute Gasteiger partial charge is 0.497 e. The molecule has 2 heterocycles. The van der Waals surface area contributed by atoms with Crippen molar-refractivity contribution in [3.8, 4) is 11.5 Å². The highest BCUT2D eigenvalue weighted by Crippen LogP contribution is 2.39. The molecule has 1 atom stereocenters. The van der Waals surface area contributed by atoms with E-state index in [1.54, 1.807) is 18.4 Å². The fourth-order valence-electron chi connectivity index (χ4n) is 4.24. The predicted octanol–water partition coefficient (Wildman–Crippen LogP) is 6.19. The molecule has 3 nitrogen and oxygen atoms in total. The van der Waals surface area contributed by atoms with Crippen LogP contribution in [0.4, 0.5) is 0 Å². The van der Waals surface area contributed by atoms with Gasteiger partial charge in [0, 0.05) is 22.9 Å². The predicted molar refractivity (Wildman–Crippen MR) is 125 cm³/mol. The highest BCUT2D eigenvalue weighted by molar-refractivity contribution is 7.10. The van der Waals surface area contributed by atoms with Crippen molar-refractivity contribution in [2.45, 2.75) is 31.6 Å². The van der Waals surface area contributed by atoms with Gasteiger partial charge in [-0.05, 0) is 61.1 Å². The molecule has 3 aromatic rings.